The Morgan fingerprint density at radius 3 is 2.35 bits per heavy atom. The Morgan fingerprint density at radius 2 is 1.80 bits per heavy atom. The van der Waals surface area contributed by atoms with E-state index in [9.17, 15) is 13.2 Å². The average molecular weight is 301 g/mol. The minimum Gasteiger partial charge on any atom is -0.376 e. The van der Waals surface area contributed by atoms with E-state index in [0.29, 0.717) is 10.8 Å². The first-order valence-corrected chi connectivity index (χ1v) is 6.30. The summed E-state index contributed by atoms with van der Waals surface area (Å²) < 4.78 is 37.4. The summed E-state index contributed by atoms with van der Waals surface area (Å²) in [6.45, 7) is 1.84. The lowest BCUT2D eigenvalue weighted by molar-refractivity contribution is -0.137. The van der Waals surface area contributed by atoms with Crippen molar-refractivity contribution in [3.63, 3.8) is 0 Å². The maximum Gasteiger partial charge on any atom is 0.416 e. The fraction of sp³-hybridized carbons (Fsp3) is 0.214. The fourth-order valence-electron chi connectivity index (χ4n) is 1.77. The summed E-state index contributed by atoms with van der Waals surface area (Å²) in [6.07, 6.45) is -2.75. The molecule has 1 aromatic carbocycles. The number of hydrogen-bond acceptors (Lipinski definition) is 2. The van der Waals surface area contributed by atoms with E-state index in [2.05, 4.69) is 10.3 Å². The molecule has 0 aliphatic heterocycles. The van der Waals surface area contributed by atoms with Gasteiger partial charge in [0.05, 0.1) is 11.3 Å². The highest BCUT2D eigenvalue weighted by molar-refractivity contribution is 6.31. The van der Waals surface area contributed by atoms with Gasteiger partial charge in [-0.1, -0.05) is 23.7 Å². The van der Waals surface area contributed by atoms with Gasteiger partial charge < -0.3 is 5.32 Å². The predicted molar refractivity (Wildman–Crippen MR) is 72.7 cm³/mol. The Bertz CT molecular complexity index is 582. The smallest absolute Gasteiger partial charge is 0.376 e. The van der Waals surface area contributed by atoms with Gasteiger partial charge in [-0.2, -0.15) is 13.2 Å². The van der Waals surface area contributed by atoms with Crippen molar-refractivity contribution >= 4 is 17.3 Å². The van der Waals surface area contributed by atoms with E-state index in [1.54, 1.807) is 18.3 Å². The molecule has 1 heterocycles. The zero-order valence-corrected chi connectivity index (χ0v) is 11.3. The summed E-state index contributed by atoms with van der Waals surface area (Å²) in [6, 6.07) is 8.34. The molecule has 0 saturated heterocycles. The van der Waals surface area contributed by atoms with Gasteiger partial charge in [-0.15, -0.1) is 0 Å². The number of halogens is 4. The molecule has 0 radical (unpaired) electrons. The number of nitrogens with zero attached hydrogens (tertiary/aromatic N) is 1. The molecule has 1 unspecified atom stereocenters. The zero-order valence-electron chi connectivity index (χ0n) is 10.6. The topological polar surface area (TPSA) is 24.9 Å². The Morgan fingerprint density at radius 1 is 1.15 bits per heavy atom. The van der Waals surface area contributed by atoms with Crippen molar-refractivity contribution in [1.82, 2.24) is 4.98 Å². The lowest BCUT2D eigenvalue weighted by Crippen LogP contribution is -2.09. The number of alkyl halides is 3. The van der Waals surface area contributed by atoms with Crippen LogP contribution >= 0.6 is 11.6 Å². The summed E-state index contributed by atoms with van der Waals surface area (Å²) in [7, 11) is 0. The van der Waals surface area contributed by atoms with Gasteiger partial charge in [-0.3, -0.25) is 0 Å². The number of pyridine rings is 1. The van der Waals surface area contributed by atoms with Crippen molar-refractivity contribution in [1.29, 1.82) is 0 Å². The van der Waals surface area contributed by atoms with Gasteiger partial charge in [-0.05, 0) is 36.8 Å². The normalized spacial score (nSPS) is 13.1. The number of anilines is 1. The van der Waals surface area contributed by atoms with E-state index in [1.165, 1.54) is 12.1 Å². The van der Waals surface area contributed by atoms with Crippen LogP contribution in [0.1, 0.15) is 24.1 Å². The van der Waals surface area contributed by atoms with Crippen LogP contribution in [0.5, 0.6) is 0 Å². The summed E-state index contributed by atoms with van der Waals surface area (Å²) >= 11 is 5.92. The van der Waals surface area contributed by atoms with Crippen molar-refractivity contribution in [2.24, 2.45) is 0 Å². The van der Waals surface area contributed by atoms with Crippen LogP contribution in [-0.2, 0) is 6.18 Å². The molecule has 2 rings (SSSR count). The molecular formula is C14H12ClF3N2. The van der Waals surface area contributed by atoms with E-state index >= 15 is 0 Å². The first-order valence-electron chi connectivity index (χ1n) is 5.92. The van der Waals surface area contributed by atoms with E-state index in [0.717, 1.165) is 17.7 Å². The molecule has 6 heteroatoms. The molecule has 2 aromatic rings. The van der Waals surface area contributed by atoms with E-state index in [4.69, 9.17) is 11.6 Å². The molecular weight excluding hydrogens is 289 g/mol. The molecule has 1 atom stereocenters. The number of nitrogens with one attached hydrogen (secondary N) is 1. The number of hydrogen-bond donors (Lipinski definition) is 1. The molecule has 0 aliphatic carbocycles. The van der Waals surface area contributed by atoms with Gasteiger partial charge >= 0.3 is 6.18 Å². The third-order valence-electron chi connectivity index (χ3n) is 2.87. The molecule has 2 nitrogen and oxygen atoms in total. The highest BCUT2D eigenvalue weighted by Crippen LogP contribution is 2.30. The van der Waals surface area contributed by atoms with Crippen LogP contribution in [0, 0.1) is 0 Å². The maximum atomic E-state index is 12.5. The third kappa shape index (κ3) is 3.42. The van der Waals surface area contributed by atoms with Crippen LogP contribution in [0.3, 0.4) is 0 Å². The highest BCUT2D eigenvalue weighted by atomic mass is 35.5. The monoisotopic (exact) mass is 300 g/mol. The molecule has 0 fully saturated rings. The largest absolute Gasteiger partial charge is 0.416 e. The third-order valence-corrected chi connectivity index (χ3v) is 3.17. The molecule has 0 saturated carbocycles. The van der Waals surface area contributed by atoms with Gasteiger partial charge in [0, 0.05) is 12.2 Å². The second-order valence-corrected chi connectivity index (χ2v) is 4.69. The molecule has 1 aromatic heterocycles. The van der Waals surface area contributed by atoms with E-state index in [-0.39, 0.29) is 6.04 Å². The van der Waals surface area contributed by atoms with Gasteiger partial charge in [0.1, 0.15) is 0 Å². The quantitative estimate of drug-likeness (QED) is 0.813. The molecule has 0 amide bonds. The summed E-state index contributed by atoms with van der Waals surface area (Å²) in [4.78, 5) is 3.93. The number of benzene rings is 1. The van der Waals surface area contributed by atoms with Crippen molar-refractivity contribution in [2.45, 2.75) is 19.1 Å². The molecule has 0 aliphatic rings. The van der Waals surface area contributed by atoms with Crippen LogP contribution in [0.15, 0.2) is 42.6 Å². The second-order valence-electron chi connectivity index (χ2n) is 4.33. The summed E-state index contributed by atoms with van der Waals surface area (Å²) in [5, 5.41) is 3.43. The van der Waals surface area contributed by atoms with Crippen LogP contribution in [0.2, 0.25) is 5.15 Å². The van der Waals surface area contributed by atoms with Crippen molar-refractivity contribution in [3.05, 3.63) is 58.9 Å². The second kappa shape index (κ2) is 5.71. The lowest BCUT2D eigenvalue weighted by atomic mass is 10.1. The van der Waals surface area contributed by atoms with E-state index < -0.39 is 11.7 Å². The lowest BCUT2D eigenvalue weighted by Gasteiger charge is -2.17. The fourth-order valence-corrected chi connectivity index (χ4v) is 1.94. The number of aromatic nitrogens is 1. The Labute approximate surface area is 119 Å². The van der Waals surface area contributed by atoms with E-state index in [1.807, 2.05) is 6.92 Å². The standard InChI is InChI=1S/C14H12ClF3N2/c1-9(20-12-3-2-8-19-13(12)15)10-4-6-11(7-5-10)14(16,17)18/h2-9,20H,1H3. The number of rotatable bonds is 3. The summed E-state index contributed by atoms with van der Waals surface area (Å²) in [5.74, 6) is 0. The van der Waals surface area contributed by atoms with Crippen LogP contribution in [-0.4, -0.2) is 4.98 Å². The van der Waals surface area contributed by atoms with Crippen LogP contribution in [0.4, 0.5) is 18.9 Å². The van der Waals surface area contributed by atoms with Crippen molar-refractivity contribution < 1.29 is 13.2 Å². The highest BCUT2D eigenvalue weighted by Gasteiger charge is 2.30. The SMILES string of the molecule is CC(Nc1cccnc1Cl)c1ccc(C(F)(F)F)cc1. The van der Waals surface area contributed by atoms with Gasteiger partial charge in [0.25, 0.3) is 0 Å². The molecule has 106 valence electrons. The Balaban J connectivity index is 2.14. The first kappa shape index (κ1) is 14.7. The average Bonchev–Trinajstić information content (AvgIpc) is 2.40. The van der Waals surface area contributed by atoms with Crippen LogP contribution in [0.25, 0.3) is 0 Å². The summed E-state index contributed by atoms with van der Waals surface area (Å²) in [5.41, 5.74) is 0.715. The van der Waals surface area contributed by atoms with Gasteiger partial charge in [-0.25, -0.2) is 4.98 Å². The van der Waals surface area contributed by atoms with Crippen molar-refractivity contribution in [2.75, 3.05) is 5.32 Å². The van der Waals surface area contributed by atoms with Gasteiger partial charge in [0.2, 0.25) is 0 Å². The molecule has 0 bridgehead atoms. The predicted octanol–water partition coefficient (Wildman–Crippen LogP) is 4.93. The molecule has 0 spiro atoms. The van der Waals surface area contributed by atoms with Crippen molar-refractivity contribution in [3.8, 4) is 0 Å². The molecule has 1 N–H and O–H groups in total. The zero-order chi connectivity index (χ0) is 14.8. The van der Waals surface area contributed by atoms with Gasteiger partial charge in [0.15, 0.2) is 5.15 Å². The first-order chi connectivity index (χ1) is 9.38. The Kier molecular flexibility index (Phi) is 4.18. The minimum absolute atomic E-state index is 0.181. The Hall–Kier alpha value is -1.75. The maximum absolute atomic E-state index is 12.5. The minimum atomic E-state index is -4.32. The van der Waals surface area contributed by atoms with Crippen LogP contribution < -0.4 is 5.32 Å². The molecule has 20 heavy (non-hydrogen) atoms.